The molecule has 0 atom stereocenters. The zero-order valence-corrected chi connectivity index (χ0v) is 17.7. The van der Waals surface area contributed by atoms with Gasteiger partial charge in [0.2, 0.25) is 5.91 Å². The molecule has 5 aliphatic rings. The topological polar surface area (TPSA) is 52.7 Å². The summed E-state index contributed by atoms with van der Waals surface area (Å²) in [5.74, 6) is 2.73. The van der Waals surface area contributed by atoms with Gasteiger partial charge in [-0.1, -0.05) is 23.7 Å². The molecule has 0 aromatic heterocycles. The van der Waals surface area contributed by atoms with Crippen molar-refractivity contribution in [3.05, 3.63) is 34.9 Å². The van der Waals surface area contributed by atoms with E-state index in [4.69, 9.17) is 11.6 Å². The van der Waals surface area contributed by atoms with Crippen molar-refractivity contribution in [1.82, 2.24) is 15.1 Å². The largest absolute Gasteiger partial charge is 0.339 e. The maximum absolute atomic E-state index is 13.5. The lowest BCUT2D eigenvalue weighted by atomic mass is 9.49. The van der Waals surface area contributed by atoms with Crippen LogP contribution in [0, 0.1) is 23.2 Å². The molecule has 156 valence electrons. The highest BCUT2D eigenvalue weighted by Crippen LogP contribution is 2.60. The van der Waals surface area contributed by atoms with Gasteiger partial charge in [-0.2, -0.15) is 0 Å². The SMILES string of the molecule is O=C(NCc1cccc(Cl)c1)N1CCN(C(=O)C23CC4CC(CC(C4)C2)C3)CC1. The van der Waals surface area contributed by atoms with E-state index >= 15 is 0 Å². The van der Waals surface area contributed by atoms with Crippen molar-refractivity contribution in [2.24, 2.45) is 23.2 Å². The Hall–Kier alpha value is -1.75. The Balaban J connectivity index is 1.14. The zero-order chi connectivity index (χ0) is 20.0. The molecule has 6 rings (SSSR count). The summed E-state index contributed by atoms with van der Waals surface area (Å²) in [5, 5.41) is 3.65. The molecule has 3 amide bonds. The van der Waals surface area contributed by atoms with E-state index in [0.29, 0.717) is 43.7 Å². The number of benzene rings is 1. The van der Waals surface area contributed by atoms with Crippen molar-refractivity contribution in [3.8, 4) is 0 Å². The van der Waals surface area contributed by atoms with Crippen LogP contribution in [-0.4, -0.2) is 47.9 Å². The lowest BCUT2D eigenvalue weighted by Gasteiger charge is -2.57. The first-order valence-electron chi connectivity index (χ1n) is 11.1. The molecule has 4 bridgehead atoms. The monoisotopic (exact) mass is 415 g/mol. The summed E-state index contributed by atoms with van der Waals surface area (Å²) in [4.78, 5) is 29.9. The quantitative estimate of drug-likeness (QED) is 0.813. The Morgan fingerprint density at radius 1 is 0.966 bits per heavy atom. The summed E-state index contributed by atoms with van der Waals surface area (Å²) >= 11 is 6.01. The van der Waals surface area contributed by atoms with Crippen LogP contribution in [-0.2, 0) is 11.3 Å². The van der Waals surface area contributed by atoms with Gasteiger partial charge in [0.15, 0.2) is 0 Å². The van der Waals surface area contributed by atoms with Gasteiger partial charge in [-0.15, -0.1) is 0 Å². The fourth-order valence-electron chi connectivity index (χ4n) is 6.76. The number of amides is 3. The highest BCUT2D eigenvalue weighted by molar-refractivity contribution is 6.30. The second-order valence-corrected chi connectivity index (χ2v) is 10.2. The Morgan fingerprint density at radius 2 is 1.55 bits per heavy atom. The lowest BCUT2D eigenvalue weighted by Crippen LogP contribution is -2.59. The van der Waals surface area contributed by atoms with Gasteiger partial charge in [0.05, 0.1) is 5.41 Å². The van der Waals surface area contributed by atoms with E-state index in [-0.39, 0.29) is 11.4 Å². The predicted molar refractivity (Wildman–Crippen MR) is 112 cm³/mol. The number of urea groups is 1. The Kier molecular flexibility index (Phi) is 4.97. The lowest BCUT2D eigenvalue weighted by molar-refractivity contribution is -0.159. The molecule has 0 spiro atoms. The Labute approximate surface area is 177 Å². The zero-order valence-electron chi connectivity index (χ0n) is 16.9. The van der Waals surface area contributed by atoms with Crippen molar-refractivity contribution in [1.29, 1.82) is 0 Å². The van der Waals surface area contributed by atoms with Gasteiger partial charge in [0, 0.05) is 37.7 Å². The molecule has 1 aromatic carbocycles. The first kappa shape index (κ1) is 19.2. The molecule has 1 aliphatic heterocycles. The number of nitrogens with one attached hydrogen (secondary N) is 1. The van der Waals surface area contributed by atoms with E-state index < -0.39 is 0 Å². The van der Waals surface area contributed by atoms with Crippen LogP contribution in [0.2, 0.25) is 5.02 Å². The average Bonchev–Trinajstić information content (AvgIpc) is 2.71. The molecule has 4 saturated carbocycles. The van der Waals surface area contributed by atoms with Gasteiger partial charge in [-0.25, -0.2) is 4.79 Å². The highest BCUT2D eigenvalue weighted by atomic mass is 35.5. The van der Waals surface area contributed by atoms with Gasteiger partial charge in [0.25, 0.3) is 0 Å². The van der Waals surface area contributed by atoms with E-state index in [2.05, 4.69) is 5.32 Å². The summed E-state index contributed by atoms with van der Waals surface area (Å²) < 4.78 is 0. The highest BCUT2D eigenvalue weighted by Gasteiger charge is 2.55. The predicted octanol–water partition coefficient (Wildman–Crippen LogP) is 3.91. The van der Waals surface area contributed by atoms with Gasteiger partial charge < -0.3 is 15.1 Å². The first-order valence-corrected chi connectivity index (χ1v) is 11.5. The molecule has 1 aromatic rings. The molecule has 1 heterocycles. The van der Waals surface area contributed by atoms with Crippen molar-refractivity contribution in [2.75, 3.05) is 26.2 Å². The third kappa shape index (κ3) is 3.74. The van der Waals surface area contributed by atoms with Crippen LogP contribution in [0.4, 0.5) is 4.79 Å². The summed E-state index contributed by atoms with van der Waals surface area (Å²) in [6, 6.07) is 7.47. The summed E-state index contributed by atoms with van der Waals surface area (Å²) in [7, 11) is 0. The second-order valence-electron chi connectivity index (χ2n) is 9.77. The van der Waals surface area contributed by atoms with Gasteiger partial charge in [-0.3, -0.25) is 4.79 Å². The molecule has 0 unspecified atom stereocenters. The van der Waals surface area contributed by atoms with Crippen LogP contribution in [0.3, 0.4) is 0 Å². The molecule has 29 heavy (non-hydrogen) atoms. The minimum atomic E-state index is -0.0776. The molecular formula is C23H30ClN3O2. The maximum Gasteiger partial charge on any atom is 0.317 e. The summed E-state index contributed by atoms with van der Waals surface area (Å²) in [6.07, 6.45) is 7.39. The number of carbonyl (C=O) groups excluding carboxylic acids is 2. The van der Waals surface area contributed by atoms with Crippen LogP contribution in [0.1, 0.15) is 44.1 Å². The fraction of sp³-hybridized carbons (Fsp3) is 0.652. The van der Waals surface area contributed by atoms with Crippen LogP contribution in [0.5, 0.6) is 0 Å². The van der Waals surface area contributed by atoms with Gasteiger partial charge >= 0.3 is 6.03 Å². The second kappa shape index (κ2) is 7.50. The normalized spacial score (nSPS) is 33.1. The van der Waals surface area contributed by atoms with Crippen LogP contribution < -0.4 is 5.32 Å². The third-order valence-corrected chi connectivity index (χ3v) is 7.91. The van der Waals surface area contributed by atoms with E-state index in [1.165, 1.54) is 19.3 Å². The van der Waals surface area contributed by atoms with Crippen molar-refractivity contribution < 1.29 is 9.59 Å². The number of hydrogen-bond acceptors (Lipinski definition) is 2. The van der Waals surface area contributed by atoms with Crippen LogP contribution in [0.25, 0.3) is 0 Å². The molecular weight excluding hydrogens is 386 g/mol. The molecule has 5 nitrogen and oxygen atoms in total. The molecule has 0 radical (unpaired) electrons. The van der Waals surface area contributed by atoms with E-state index in [9.17, 15) is 9.59 Å². The van der Waals surface area contributed by atoms with Crippen LogP contribution >= 0.6 is 11.6 Å². The minimum Gasteiger partial charge on any atom is -0.339 e. The molecule has 1 saturated heterocycles. The number of rotatable bonds is 3. The van der Waals surface area contributed by atoms with E-state index in [1.54, 1.807) is 0 Å². The fourth-order valence-corrected chi connectivity index (χ4v) is 6.97. The Morgan fingerprint density at radius 3 is 2.14 bits per heavy atom. The van der Waals surface area contributed by atoms with Crippen molar-refractivity contribution in [3.63, 3.8) is 0 Å². The molecule has 1 N–H and O–H groups in total. The summed E-state index contributed by atoms with van der Waals surface area (Å²) in [5.41, 5.74) is 0.910. The number of halogens is 1. The van der Waals surface area contributed by atoms with E-state index in [0.717, 1.165) is 42.6 Å². The van der Waals surface area contributed by atoms with Crippen molar-refractivity contribution in [2.45, 2.75) is 45.1 Å². The first-order chi connectivity index (χ1) is 14.0. The molecule has 6 heteroatoms. The number of piperazine rings is 1. The van der Waals surface area contributed by atoms with Gasteiger partial charge in [-0.05, 0) is 74.0 Å². The van der Waals surface area contributed by atoms with Crippen molar-refractivity contribution >= 4 is 23.5 Å². The van der Waals surface area contributed by atoms with Gasteiger partial charge in [0.1, 0.15) is 0 Å². The standard InChI is InChI=1S/C23H30ClN3O2/c24-20-3-1-2-16(11-20)15-25-22(29)27-6-4-26(5-7-27)21(28)23-12-17-8-18(13-23)10-19(9-17)14-23/h1-3,11,17-19H,4-10,12-15H2,(H,25,29). The average molecular weight is 416 g/mol. The number of hydrogen-bond donors (Lipinski definition) is 1. The number of carbonyl (C=O) groups is 2. The number of nitrogens with zero attached hydrogens (tertiary/aromatic N) is 2. The summed E-state index contributed by atoms with van der Waals surface area (Å²) in [6.45, 7) is 3.00. The molecule has 5 fully saturated rings. The third-order valence-electron chi connectivity index (χ3n) is 7.68. The smallest absolute Gasteiger partial charge is 0.317 e. The molecule has 4 aliphatic carbocycles. The van der Waals surface area contributed by atoms with E-state index in [1.807, 2.05) is 34.1 Å². The Bertz CT molecular complexity index is 768. The maximum atomic E-state index is 13.5. The van der Waals surface area contributed by atoms with Crippen LogP contribution in [0.15, 0.2) is 24.3 Å². The minimum absolute atomic E-state index is 0.0631.